The third-order valence-electron chi connectivity index (χ3n) is 8.23. The van der Waals surface area contributed by atoms with Crippen LogP contribution in [0, 0.1) is 18.3 Å². The van der Waals surface area contributed by atoms with Gasteiger partial charge >= 0.3 is 5.97 Å². The number of fused-ring (bicyclic) bond motifs is 3. The molecule has 4 rings (SSSR count). The van der Waals surface area contributed by atoms with E-state index in [2.05, 4.69) is 82.4 Å². The quantitative estimate of drug-likeness (QED) is 0.403. The Bertz CT molecular complexity index is 964. The summed E-state index contributed by atoms with van der Waals surface area (Å²) in [6.07, 6.45) is 5.29. The maximum atomic E-state index is 13.4. The molecule has 3 heteroatoms. The van der Waals surface area contributed by atoms with Gasteiger partial charge in [0, 0.05) is 12.2 Å². The number of carbonyl (C=O) groups excluding carboxylic acids is 1. The molecule has 1 saturated carbocycles. The summed E-state index contributed by atoms with van der Waals surface area (Å²) in [5, 5.41) is 3.36. The molecule has 2 aliphatic carbocycles. The normalized spacial score (nSPS) is 26.9. The molecule has 0 unspecified atom stereocenters. The average molecular weight is 434 g/mol. The van der Waals surface area contributed by atoms with Crippen molar-refractivity contribution in [3.63, 3.8) is 0 Å². The molecule has 0 bridgehead atoms. The number of hydrogen-bond acceptors (Lipinski definition) is 3. The Morgan fingerprint density at radius 2 is 1.88 bits per heavy atom. The molecule has 172 valence electrons. The standard InChI is InChI=1S/C29H39NO2/c1-20(2)22-9-13-25-23(19-22)10-14-26-28(25,4)15-6-16-29(26,5)27(31)32-18-17-30-24-11-7-21(3)8-12-24/h7-9,11-13,19-20,26,30H,6,10,14-18H2,1-5H3/t26-,28-,29-/m1/s1. The number of ether oxygens (including phenoxy) is 1. The van der Waals surface area contributed by atoms with Gasteiger partial charge in [-0.15, -0.1) is 0 Å². The summed E-state index contributed by atoms with van der Waals surface area (Å²) < 4.78 is 5.86. The van der Waals surface area contributed by atoms with Crippen LogP contribution in [-0.4, -0.2) is 19.1 Å². The van der Waals surface area contributed by atoms with Crippen molar-refractivity contribution in [2.24, 2.45) is 11.3 Å². The van der Waals surface area contributed by atoms with Gasteiger partial charge in [0.15, 0.2) is 0 Å². The van der Waals surface area contributed by atoms with Gasteiger partial charge in [-0.25, -0.2) is 0 Å². The molecule has 3 nitrogen and oxygen atoms in total. The Kier molecular flexibility index (Phi) is 6.38. The third-order valence-corrected chi connectivity index (χ3v) is 8.23. The average Bonchev–Trinajstić information content (AvgIpc) is 2.77. The highest BCUT2D eigenvalue weighted by Crippen LogP contribution is 2.57. The van der Waals surface area contributed by atoms with E-state index in [1.165, 1.54) is 22.3 Å². The van der Waals surface area contributed by atoms with Gasteiger partial charge in [-0.1, -0.05) is 63.1 Å². The van der Waals surface area contributed by atoms with E-state index in [4.69, 9.17) is 4.74 Å². The van der Waals surface area contributed by atoms with Crippen molar-refractivity contribution >= 4 is 11.7 Å². The zero-order chi connectivity index (χ0) is 22.9. The number of esters is 1. The summed E-state index contributed by atoms with van der Waals surface area (Å²) >= 11 is 0. The van der Waals surface area contributed by atoms with Crippen LogP contribution in [0.4, 0.5) is 5.69 Å². The van der Waals surface area contributed by atoms with Crippen molar-refractivity contribution in [3.8, 4) is 0 Å². The summed E-state index contributed by atoms with van der Waals surface area (Å²) in [6, 6.07) is 15.4. The van der Waals surface area contributed by atoms with Gasteiger partial charge in [0.25, 0.3) is 0 Å². The van der Waals surface area contributed by atoms with Gasteiger partial charge in [-0.05, 0) is 85.6 Å². The first-order valence-electron chi connectivity index (χ1n) is 12.3. The molecular weight excluding hydrogens is 394 g/mol. The van der Waals surface area contributed by atoms with Crippen LogP contribution in [0.15, 0.2) is 42.5 Å². The molecule has 1 fully saturated rings. The fourth-order valence-corrected chi connectivity index (χ4v) is 6.29. The second kappa shape index (κ2) is 8.92. The monoisotopic (exact) mass is 433 g/mol. The molecular formula is C29H39NO2. The van der Waals surface area contributed by atoms with Crippen molar-refractivity contribution < 1.29 is 9.53 Å². The van der Waals surface area contributed by atoms with Gasteiger partial charge in [0.1, 0.15) is 6.61 Å². The molecule has 1 N–H and O–H groups in total. The predicted molar refractivity (Wildman–Crippen MR) is 132 cm³/mol. The molecule has 0 heterocycles. The van der Waals surface area contributed by atoms with Crippen molar-refractivity contribution in [2.75, 3.05) is 18.5 Å². The molecule has 0 radical (unpaired) electrons. The van der Waals surface area contributed by atoms with Crippen LogP contribution >= 0.6 is 0 Å². The van der Waals surface area contributed by atoms with Crippen molar-refractivity contribution in [3.05, 3.63) is 64.7 Å². The lowest BCUT2D eigenvalue weighted by Crippen LogP contribution is -2.53. The van der Waals surface area contributed by atoms with Gasteiger partial charge in [-0.3, -0.25) is 4.79 Å². The summed E-state index contributed by atoms with van der Waals surface area (Å²) in [6.45, 7) is 12.2. The predicted octanol–water partition coefficient (Wildman–Crippen LogP) is 6.78. The third kappa shape index (κ3) is 4.19. The van der Waals surface area contributed by atoms with Crippen molar-refractivity contribution in [1.29, 1.82) is 0 Å². The lowest BCUT2D eigenvalue weighted by molar-refractivity contribution is -0.164. The summed E-state index contributed by atoms with van der Waals surface area (Å²) in [5.41, 5.74) is 6.33. The fraction of sp³-hybridized carbons (Fsp3) is 0.552. The second-order valence-corrected chi connectivity index (χ2v) is 10.8. The van der Waals surface area contributed by atoms with E-state index in [1.807, 2.05) is 0 Å². The molecule has 0 amide bonds. The number of aryl methyl sites for hydroxylation is 2. The van der Waals surface area contributed by atoms with Crippen LogP contribution in [-0.2, 0) is 21.4 Å². The zero-order valence-electron chi connectivity index (χ0n) is 20.5. The smallest absolute Gasteiger partial charge is 0.312 e. The summed E-state index contributed by atoms with van der Waals surface area (Å²) in [5.74, 6) is 0.867. The lowest BCUT2D eigenvalue weighted by atomic mass is 9.49. The highest BCUT2D eigenvalue weighted by molar-refractivity contribution is 5.77. The van der Waals surface area contributed by atoms with E-state index in [-0.39, 0.29) is 11.4 Å². The van der Waals surface area contributed by atoms with E-state index < -0.39 is 5.41 Å². The van der Waals surface area contributed by atoms with Crippen LogP contribution in [0.5, 0.6) is 0 Å². The first-order chi connectivity index (χ1) is 15.2. The van der Waals surface area contributed by atoms with Gasteiger partial charge in [-0.2, -0.15) is 0 Å². The van der Waals surface area contributed by atoms with E-state index >= 15 is 0 Å². The Hall–Kier alpha value is -2.29. The van der Waals surface area contributed by atoms with E-state index in [9.17, 15) is 4.79 Å². The van der Waals surface area contributed by atoms with Crippen LogP contribution < -0.4 is 5.32 Å². The molecule has 2 aromatic carbocycles. The number of rotatable bonds is 6. The topological polar surface area (TPSA) is 38.3 Å². The summed E-state index contributed by atoms with van der Waals surface area (Å²) in [7, 11) is 0. The van der Waals surface area contributed by atoms with E-state index in [0.29, 0.717) is 25.0 Å². The minimum Gasteiger partial charge on any atom is -0.463 e. The molecule has 0 spiro atoms. The Labute approximate surface area is 194 Å². The van der Waals surface area contributed by atoms with Crippen LogP contribution in [0.2, 0.25) is 0 Å². The number of benzene rings is 2. The molecule has 32 heavy (non-hydrogen) atoms. The molecule has 2 aromatic rings. The van der Waals surface area contributed by atoms with Crippen molar-refractivity contribution in [1.82, 2.24) is 0 Å². The first-order valence-corrected chi connectivity index (χ1v) is 12.3. The van der Waals surface area contributed by atoms with E-state index in [1.54, 1.807) is 0 Å². The van der Waals surface area contributed by atoms with Crippen LogP contribution in [0.3, 0.4) is 0 Å². The number of hydrogen-bond donors (Lipinski definition) is 1. The Balaban J connectivity index is 1.45. The minimum absolute atomic E-state index is 0.0126. The van der Waals surface area contributed by atoms with Gasteiger partial charge < -0.3 is 10.1 Å². The highest BCUT2D eigenvalue weighted by atomic mass is 16.5. The SMILES string of the molecule is Cc1ccc(NCCOC(=O)[C@]2(C)CCC[C@]3(C)c4ccc(C(C)C)cc4CC[C@@H]23)cc1. The fourth-order valence-electron chi connectivity index (χ4n) is 6.29. The van der Waals surface area contributed by atoms with Crippen molar-refractivity contribution in [2.45, 2.75) is 78.1 Å². The summed E-state index contributed by atoms with van der Waals surface area (Å²) in [4.78, 5) is 13.4. The first kappa shape index (κ1) is 22.9. The van der Waals surface area contributed by atoms with Gasteiger partial charge in [0.05, 0.1) is 5.41 Å². The molecule has 0 aliphatic heterocycles. The molecule has 2 aliphatic rings. The number of carbonyl (C=O) groups is 1. The molecule has 3 atom stereocenters. The van der Waals surface area contributed by atoms with E-state index in [0.717, 1.165) is 37.8 Å². The number of anilines is 1. The van der Waals surface area contributed by atoms with Crippen LogP contribution in [0.1, 0.15) is 81.5 Å². The second-order valence-electron chi connectivity index (χ2n) is 10.8. The molecule has 0 saturated heterocycles. The highest BCUT2D eigenvalue weighted by Gasteiger charge is 2.55. The Morgan fingerprint density at radius 1 is 1.12 bits per heavy atom. The maximum Gasteiger partial charge on any atom is 0.312 e. The number of nitrogens with one attached hydrogen (secondary N) is 1. The van der Waals surface area contributed by atoms with Gasteiger partial charge in [0.2, 0.25) is 0 Å². The minimum atomic E-state index is -0.411. The largest absolute Gasteiger partial charge is 0.463 e. The van der Waals surface area contributed by atoms with Crippen LogP contribution in [0.25, 0.3) is 0 Å². The Morgan fingerprint density at radius 3 is 2.59 bits per heavy atom. The maximum absolute atomic E-state index is 13.4. The molecule has 0 aromatic heterocycles. The zero-order valence-corrected chi connectivity index (χ0v) is 20.5. The lowest BCUT2D eigenvalue weighted by Gasteiger charge is -2.54.